The summed E-state index contributed by atoms with van der Waals surface area (Å²) in [5.41, 5.74) is 7.28. The van der Waals surface area contributed by atoms with E-state index >= 15 is 0 Å². The van der Waals surface area contributed by atoms with Crippen molar-refractivity contribution < 1.29 is 8.78 Å². The number of pyridine rings is 1. The highest BCUT2D eigenvalue weighted by atomic mass is 79.9. The molecule has 0 radical (unpaired) electrons. The van der Waals surface area contributed by atoms with Crippen LogP contribution in [0, 0.1) is 11.6 Å². The number of nitrogens with zero attached hydrogens (tertiary/aromatic N) is 1. The predicted octanol–water partition coefficient (Wildman–Crippen LogP) is 4.60. The molecular weight excluding hydrogens is 340 g/mol. The van der Waals surface area contributed by atoms with Crippen molar-refractivity contribution in [2.24, 2.45) is 0 Å². The summed E-state index contributed by atoms with van der Waals surface area (Å²) >= 11 is 3.24. The largest absolute Gasteiger partial charge is 0.398 e. The zero-order valence-electron chi connectivity index (χ0n) is 10.7. The fourth-order valence-electron chi connectivity index (χ4n) is 2.08. The van der Waals surface area contributed by atoms with Crippen LogP contribution in [-0.2, 0) is 0 Å². The zero-order valence-corrected chi connectivity index (χ0v) is 12.3. The fourth-order valence-corrected chi connectivity index (χ4v) is 2.53. The lowest BCUT2D eigenvalue weighted by Gasteiger charge is -2.13. The molecule has 2 aromatic carbocycles. The van der Waals surface area contributed by atoms with Crippen molar-refractivity contribution in [3.8, 4) is 0 Å². The maximum absolute atomic E-state index is 14.2. The number of nitrogens with two attached hydrogens (primary N) is 1. The smallest absolute Gasteiger partial charge is 0.150 e. The van der Waals surface area contributed by atoms with Crippen LogP contribution in [0.25, 0.3) is 10.9 Å². The highest BCUT2D eigenvalue weighted by Gasteiger charge is 2.13. The predicted molar refractivity (Wildman–Crippen MR) is 83.5 cm³/mol. The first-order valence-corrected chi connectivity index (χ1v) is 6.90. The molecule has 3 rings (SSSR count). The van der Waals surface area contributed by atoms with Crippen molar-refractivity contribution in [2.75, 3.05) is 11.1 Å². The van der Waals surface area contributed by atoms with Crippen LogP contribution in [0.5, 0.6) is 0 Å². The Morgan fingerprint density at radius 2 is 1.95 bits per heavy atom. The molecule has 0 amide bonds. The molecule has 3 nitrogen and oxygen atoms in total. The molecule has 0 bridgehead atoms. The minimum atomic E-state index is -0.519. The number of fused-ring (bicyclic) bond motifs is 1. The third-order valence-corrected chi connectivity index (χ3v) is 3.72. The van der Waals surface area contributed by atoms with Crippen LogP contribution in [0.4, 0.5) is 25.8 Å². The molecule has 1 aromatic heterocycles. The SMILES string of the molecule is Nc1cc(F)c(Nc2ccc(F)cc2Br)c2ncccc12. The lowest BCUT2D eigenvalue weighted by atomic mass is 10.1. The van der Waals surface area contributed by atoms with Crippen LogP contribution in [0.2, 0.25) is 0 Å². The average Bonchev–Trinajstić information content (AvgIpc) is 2.45. The number of nitrogen functional groups attached to an aromatic ring is 1. The summed E-state index contributed by atoms with van der Waals surface area (Å²) in [5.74, 6) is -0.900. The number of nitrogens with one attached hydrogen (secondary N) is 1. The highest BCUT2D eigenvalue weighted by molar-refractivity contribution is 9.10. The lowest BCUT2D eigenvalue weighted by molar-refractivity contribution is 0.627. The second kappa shape index (κ2) is 5.29. The number of rotatable bonds is 2. The minimum absolute atomic E-state index is 0.201. The molecule has 0 unspecified atom stereocenters. The summed E-state index contributed by atoms with van der Waals surface area (Å²) in [6, 6.07) is 8.84. The molecule has 0 aliphatic rings. The Bertz CT molecular complexity index is 837. The first-order chi connectivity index (χ1) is 10.1. The molecule has 0 aliphatic carbocycles. The summed E-state index contributed by atoms with van der Waals surface area (Å²) in [5, 5.41) is 3.58. The fraction of sp³-hybridized carbons (Fsp3) is 0. The van der Waals surface area contributed by atoms with Crippen molar-refractivity contribution in [1.82, 2.24) is 4.98 Å². The maximum Gasteiger partial charge on any atom is 0.150 e. The summed E-state index contributed by atoms with van der Waals surface area (Å²) in [4.78, 5) is 4.17. The van der Waals surface area contributed by atoms with Crippen molar-refractivity contribution in [2.45, 2.75) is 0 Å². The van der Waals surface area contributed by atoms with Gasteiger partial charge in [-0.3, -0.25) is 4.98 Å². The van der Waals surface area contributed by atoms with E-state index in [-0.39, 0.29) is 11.5 Å². The van der Waals surface area contributed by atoms with E-state index in [4.69, 9.17) is 5.73 Å². The number of aromatic nitrogens is 1. The van der Waals surface area contributed by atoms with Gasteiger partial charge in [0, 0.05) is 21.7 Å². The molecule has 3 N–H and O–H groups in total. The van der Waals surface area contributed by atoms with Gasteiger partial charge in [0.25, 0.3) is 0 Å². The molecule has 0 aliphatic heterocycles. The van der Waals surface area contributed by atoms with E-state index in [1.165, 1.54) is 24.3 Å². The number of hydrogen-bond donors (Lipinski definition) is 2. The maximum atomic E-state index is 14.2. The molecule has 1 heterocycles. The molecule has 3 aromatic rings. The van der Waals surface area contributed by atoms with E-state index in [2.05, 4.69) is 26.2 Å². The average molecular weight is 350 g/mol. The van der Waals surface area contributed by atoms with Crippen LogP contribution in [0.1, 0.15) is 0 Å². The zero-order chi connectivity index (χ0) is 15.0. The van der Waals surface area contributed by atoms with Gasteiger partial charge in [0.1, 0.15) is 11.5 Å². The molecule has 0 fully saturated rings. The Morgan fingerprint density at radius 3 is 2.71 bits per heavy atom. The van der Waals surface area contributed by atoms with Gasteiger partial charge in [-0.15, -0.1) is 0 Å². The molecule has 106 valence electrons. The number of benzene rings is 2. The normalized spacial score (nSPS) is 10.8. The Balaban J connectivity index is 2.16. The Morgan fingerprint density at radius 1 is 1.14 bits per heavy atom. The summed E-state index contributed by atoms with van der Waals surface area (Å²) in [6.45, 7) is 0. The summed E-state index contributed by atoms with van der Waals surface area (Å²) < 4.78 is 27.8. The molecule has 0 atom stereocenters. The molecule has 0 saturated heterocycles. The van der Waals surface area contributed by atoms with Gasteiger partial charge < -0.3 is 11.1 Å². The van der Waals surface area contributed by atoms with Crippen LogP contribution in [0.3, 0.4) is 0 Å². The number of halogens is 3. The van der Waals surface area contributed by atoms with Crippen molar-refractivity contribution >= 4 is 43.9 Å². The van der Waals surface area contributed by atoms with E-state index in [1.54, 1.807) is 18.3 Å². The minimum Gasteiger partial charge on any atom is -0.398 e. The standard InChI is InChI=1S/C15H10BrF2N3/c16-10-6-8(17)3-4-13(10)21-15-11(18)7-12(19)9-2-1-5-20-14(9)15/h1-7,21H,19H2. The molecule has 6 heteroatoms. The van der Waals surface area contributed by atoms with Crippen LogP contribution in [-0.4, -0.2) is 4.98 Å². The highest BCUT2D eigenvalue weighted by Crippen LogP contribution is 2.34. The van der Waals surface area contributed by atoms with Gasteiger partial charge >= 0.3 is 0 Å². The number of hydrogen-bond acceptors (Lipinski definition) is 3. The van der Waals surface area contributed by atoms with Crippen molar-refractivity contribution in [1.29, 1.82) is 0 Å². The van der Waals surface area contributed by atoms with Gasteiger partial charge in [-0.05, 0) is 52.3 Å². The van der Waals surface area contributed by atoms with E-state index in [9.17, 15) is 8.78 Å². The van der Waals surface area contributed by atoms with Gasteiger partial charge in [-0.1, -0.05) is 0 Å². The third-order valence-electron chi connectivity index (χ3n) is 3.07. The van der Waals surface area contributed by atoms with Crippen molar-refractivity contribution in [3.05, 3.63) is 58.7 Å². The quantitative estimate of drug-likeness (QED) is 0.664. The van der Waals surface area contributed by atoms with Gasteiger partial charge in [0.2, 0.25) is 0 Å². The summed E-state index contributed by atoms with van der Waals surface area (Å²) in [6.07, 6.45) is 1.56. The molecule has 21 heavy (non-hydrogen) atoms. The van der Waals surface area contributed by atoms with Gasteiger partial charge in [0.05, 0.1) is 11.2 Å². The topological polar surface area (TPSA) is 50.9 Å². The molecular formula is C15H10BrF2N3. The Labute approximate surface area is 127 Å². The first kappa shape index (κ1) is 13.8. The van der Waals surface area contributed by atoms with Gasteiger partial charge in [-0.2, -0.15) is 0 Å². The van der Waals surface area contributed by atoms with Crippen LogP contribution in [0.15, 0.2) is 47.1 Å². The van der Waals surface area contributed by atoms with Crippen molar-refractivity contribution in [3.63, 3.8) is 0 Å². The van der Waals surface area contributed by atoms with E-state index in [1.807, 2.05) is 0 Å². The lowest BCUT2D eigenvalue weighted by Crippen LogP contribution is -2.00. The number of anilines is 3. The summed E-state index contributed by atoms with van der Waals surface area (Å²) in [7, 11) is 0. The first-order valence-electron chi connectivity index (χ1n) is 6.11. The Kier molecular flexibility index (Phi) is 3.47. The third kappa shape index (κ3) is 2.54. The van der Waals surface area contributed by atoms with Crippen LogP contribution >= 0.6 is 15.9 Å². The second-order valence-electron chi connectivity index (χ2n) is 4.47. The van der Waals surface area contributed by atoms with Gasteiger partial charge in [0.15, 0.2) is 5.82 Å². The van der Waals surface area contributed by atoms with Gasteiger partial charge in [-0.25, -0.2) is 8.78 Å². The van der Waals surface area contributed by atoms with Crippen LogP contribution < -0.4 is 11.1 Å². The van der Waals surface area contributed by atoms with E-state index in [0.717, 1.165) is 0 Å². The Hall–Kier alpha value is -2.21. The molecule has 0 saturated carbocycles. The van der Waals surface area contributed by atoms with E-state index < -0.39 is 5.82 Å². The monoisotopic (exact) mass is 349 g/mol. The second-order valence-corrected chi connectivity index (χ2v) is 5.33. The molecule has 0 spiro atoms. The van der Waals surface area contributed by atoms with E-state index in [0.29, 0.717) is 26.8 Å².